The van der Waals surface area contributed by atoms with E-state index in [1.807, 2.05) is 0 Å². The van der Waals surface area contributed by atoms with Gasteiger partial charge in [-0.1, -0.05) is 33.6 Å². The zero-order chi connectivity index (χ0) is 7.28. The van der Waals surface area contributed by atoms with Crippen LogP contribution in [0.1, 0.15) is 33.6 Å². The third kappa shape index (κ3) is 3.14. The summed E-state index contributed by atoms with van der Waals surface area (Å²) in [5.41, 5.74) is 0. The summed E-state index contributed by atoms with van der Waals surface area (Å²) < 4.78 is 0. The van der Waals surface area contributed by atoms with E-state index in [1.54, 1.807) is 0 Å². The van der Waals surface area contributed by atoms with Gasteiger partial charge in [0.2, 0.25) is 0 Å². The minimum atomic E-state index is 0.832. The first-order valence-electron chi connectivity index (χ1n) is 3.87. The highest BCUT2D eigenvalue weighted by Gasteiger charge is 2.10. The molecule has 0 radical (unpaired) electrons. The van der Waals surface area contributed by atoms with E-state index in [-0.39, 0.29) is 0 Å². The Hall–Kier alpha value is 0.350. The molecule has 0 aliphatic carbocycles. The van der Waals surface area contributed by atoms with Crippen molar-refractivity contribution in [2.45, 2.75) is 33.6 Å². The Bertz CT molecular complexity index is 57.6. The molecule has 0 N–H and O–H groups in total. The molecule has 9 heavy (non-hydrogen) atoms. The van der Waals surface area contributed by atoms with Gasteiger partial charge in [0.25, 0.3) is 0 Å². The molecule has 1 heteroatoms. The van der Waals surface area contributed by atoms with Crippen LogP contribution >= 0.6 is 12.6 Å². The first-order chi connectivity index (χ1) is 4.26. The van der Waals surface area contributed by atoms with Crippen LogP contribution in [0.25, 0.3) is 0 Å². The number of thiol groups is 1. The Morgan fingerprint density at radius 2 is 1.78 bits per heavy atom. The molecule has 0 saturated carbocycles. The predicted molar refractivity (Wildman–Crippen MR) is 47.1 cm³/mol. The van der Waals surface area contributed by atoms with Crippen molar-refractivity contribution >= 4 is 12.6 Å². The van der Waals surface area contributed by atoms with Gasteiger partial charge in [0.05, 0.1) is 0 Å². The zero-order valence-electron chi connectivity index (χ0n) is 6.72. The Morgan fingerprint density at radius 1 is 1.22 bits per heavy atom. The third-order valence-corrected chi connectivity index (χ3v) is 2.68. The Labute approximate surface area is 64.4 Å². The van der Waals surface area contributed by atoms with Crippen molar-refractivity contribution in [3.63, 3.8) is 0 Å². The molecule has 2 atom stereocenters. The fourth-order valence-corrected chi connectivity index (χ4v) is 1.66. The summed E-state index contributed by atoms with van der Waals surface area (Å²) in [7, 11) is 0. The lowest BCUT2D eigenvalue weighted by Crippen LogP contribution is -2.10. The summed E-state index contributed by atoms with van der Waals surface area (Å²) in [6.45, 7) is 6.80. The van der Waals surface area contributed by atoms with Crippen LogP contribution in [-0.2, 0) is 0 Å². The van der Waals surface area contributed by atoms with Crippen molar-refractivity contribution in [2.75, 3.05) is 5.75 Å². The SMILES string of the molecule is CCC(C)C(CC)CS. The first kappa shape index (κ1) is 9.35. The van der Waals surface area contributed by atoms with Crippen LogP contribution in [0.5, 0.6) is 0 Å². The van der Waals surface area contributed by atoms with Crippen molar-refractivity contribution in [3.05, 3.63) is 0 Å². The maximum absolute atomic E-state index is 4.29. The van der Waals surface area contributed by atoms with Crippen LogP contribution in [0.3, 0.4) is 0 Å². The second kappa shape index (κ2) is 5.16. The monoisotopic (exact) mass is 146 g/mol. The van der Waals surface area contributed by atoms with Crippen LogP contribution in [0, 0.1) is 11.8 Å². The lowest BCUT2D eigenvalue weighted by Gasteiger charge is -2.18. The fraction of sp³-hybridized carbons (Fsp3) is 1.00. The van der Waals surface area contributed by atoms with Crippen LogP contribution in [0.4, 0.5) is 0 Å². The second-order valence-corrected chi connectivity index (χ2v) is 3.10. The predicted octanol–water partition coefficient (Wildman–Crippen LogP) is 2.99. The lowest BCUT2D eigenvalue weighted by atomic mass is 9.91. The molecule has 0 aliphatic heterocycles. The van der Waals surface area contributed by atoms with E-state index >= 15 is 0 Å². The molecule has 0 heterocycles. The van der Waals surface area contributed by atoms with Gasteiger partial charge < -0.3 is 0 Å². The van der Waals surface area contributed by atoms with E-state index in [0.29, 0.717) is 0 Å². The molecule has 0 aromatic carbocycles. The Balaban J connectivity index is 3.50. The van der Waals surface area contributed by atoms with E-state index in [1.165, 1.54) is 12.8 Å². The van der Waals surface area contributed by atoms with Gasteiger partial charge in [0.15, 0.2) is 0 Å². The summed E-state index contributed by atoms with van der Waals surface area (Å²) in [5.74, 6) is 2.73. The average molecular weight is 146 g/mol. The van der Waals surface area contributed by atoms with Gasteiger partial charge in [-0.25, -0.2) is 0 Å². The molecule has 0 aromatic rings. The van der Waals surface area contributed by atoms with E-state index in [2.05, 4.69) is 33.4 Å². The fourth-order valence-electron chi connectivity index (χ4n) is 1.04. The topological polar surface area (TPSA) is 0 Å². The number of rotatable bonds is 4. The molecule has 56 valence electrons. The second-order valence-electron chi connectivity index (χ2n) is 2.74. The lowest BCUT2D eigenvalue weighted by molar-refractivity contribution is 0.374. The highest BCUT2D eigenvalue weighted by molar-refractivity contribution is 7.80. The maximum Gasteiger partial charge on any atom is -0.00671 e. The minimum absolute atomic E-state index is 0.832. The molecule has 0 aliphatic rings. The Kier molecular flexibility index (Phi) is 5.36. The molecule has 0 bridgehead atoms. The van der Waals surface area contributed by atoms with Crippen molar-refractivity contribution < 1.29 is 0 Å². The van der Waals surface area contributed by atoms with Crippen LogP contribution < -0.4 is 0 Å². The first-order valence-corrected chi connectivity index (χ1v) is 4.50. The van der Waals surface area contributed by atoms with Gasteiger partial charge >= 0.3 is 0 Å². The molecule has 0 spiro atoms. The molecule has 0 rings (SSSR count). The molecule has 0 fully saturated rings. The summed E-state index contributed by atoms with van der Waals surface area (Å²) in [5, 5.41) is 0. The molecule has 0 nitrogen and oxygen atoms in total. The summed E-state index contributed by atoms with van der Waals surface area (Å²) in [4.78, 5) is 0. The van der Waals surface area contributed by atoms with E-state index < -0.39 is 0 Å². The number of hydrogen-bond acceptors (Lipinski definition) is 1. The molecule has 0 aromatic heterocycles. The van der Waals surface area contributed by atoms with Gasteiger partial charge in [0, 0.05) is 0 Å². The standard InChI is InChI=1S/C8H18S/c1-4-7(3)8(5-2)6-9/h7-9H,4-6H2,1-3H3. The van der Waals surface area contributed by atoms with Gasteiger partial charge in [-0.2, -0.15) is 12.6 Å². The average Bonchev–Trinajstić information content (AvgIpc) is 1.90. The highest BCUT2D eigenvalue weighted by Crippen LogP contribution is 2.19. The van der Waals surface area contributed by atoms with E-state index in [4.69, 9.17) is 0 Å². The molecule has 0 saturated heterocycles. The van der Waals surface area contributed by atoms with Crippen molar-refractivity contribution in [3.8, 4) is 0 Å². The van der Waals surface area contributed by atoms with Crippen LogP contribution in [0.15, 0.2) is 0 Å². The van der Waals surface area contributed by atoms with Crippen molar-refractivity contribution in [2.24, 2.45) is 11.8 Å². The summed E-state index contributed by atoms with van der Waals surface area (Å²) in [6.07, 6.45) is 2.57. The summed E-state index contributed by atoms with van der Waals surface area (Å²) >= 11 is 4.29. The smallest absolute Gasteiger partial charge is 0.00671 e. The van der Waals surface area contributed by atoms with Crippen molar-refractivity contribution in [1.82, 2.24) is 0 Å². The molecular weight excluding hydrogens is 128 g/mol. The summed E-state index contributed by atoms with van der Waals surface area (Å²) in [6, 6.07) is 0. The van der Waals surface area contributed by atoms with Gasteiger partial charge in [-0.3, -0.25) is 0 Å². The zero-order valence-corrected chi connectivity index (χ0v) is 7.62. The third-order valence-electron chi connectivity index (χ3n) is 2.21. The highest BCUT2D eigenvalue weighted by atomic mass is 32.1. The van der Waals surface area contributed by atoms with E-state index in [9.17, 15) is 0 Å². The van der Waals surface area contributed by atoms with Crippen LogP contribution in [0.2, 0.25) is 0 Å². The largest absolute Gasteiger partial charge is 0.179 e. The van der Waals surface area contributed by atoms with Gasteiger partial charge in [0.1, 0.15) is 0 Å². The van der Waals surface area contributed by atoms with Crippen molar-refractivity contribution in [1.29, 1.82) is 0 Å². The number of hydrogen-bond donors (Lipinski definition) is 1. The molecular formula is C8H18S. The van der Waals surface area contributed by atoms with E-state index in [0.717, 1.165) is 17.6 Å². The minimum Gasteiger partial charge on any atom is -0.179 e. The quantitative estimate of drug-likeness (QED) is 0.579. The normalized spacial score (nSPS) is 17.3. The van der Waals surface area contributed by atoms with Gasteiger partial charge in [-0.15, -0.1) is 0 Å². The maximum atomic E-state index is 4.29. The van der Waals surface area contributed by atoms with Gasteiger partial charge in [-0.05, 0) is 17.6 Å². The molecule has 2 unspecified atom stereocenters. The molecule has 0 amide bonds. The van der Waals surface area contributed by atoms with Crippen LogP contribution in [-0.4, -0.2) is 5.75 Å². The Morgan fingerprint density at radius 3 is 1.89 bits per heavy atom.